The number of nitrogens with one attached hydrogen (secondary N) is 2. The Morgan fingerprint density at radius 3 is 2.02 bits per heavy atom. The van der Waals surface area contributed by atoms with E-state index in [1.165, 1.54) is 24.9 Å². The molecule has 5 atom stereocenters. The molecule has 4 aromatic rings. The minimum absolute atomic E-state index is 0.0420. The van der Waals surface area contributed by atoms with Crippen molar-refractivity contribution in [2.45, 2.75) is 57.5 Å². The van der Waals surface area contributed by atoms with Crippen molar-refractivity contribution in [3.8, 4) is 5.88 Å². The van der Waals surface area contributed by atoms with Gasteiger partial charge in [-0.15, -0.1) is 0 Å². The highest BCUT2D eigenvalue weighted by Crippen LogP contribution is 2.45. The summed E-state index contributed by atoms with van der Waals surface area (Å²) in [6, 6.07) is 15.5. The highest BCUT2D eigenvalue weighted by Gasteiger charge is 2.49. The Labute approximate surface area is 299 Å². The van der Waals surface area contributed by atoms with Crippen LogP contribution in [0.2, 0.25) is 0 Å². The van der Waals surface area contributed by atoms with E-state index < -0.39 is 55.9 Å². The molecule has 0 fully saturated rings. The van der Waals surface area contributed by atoms with Crippen LogP contribution in [-0.4, -0.2) is 86.3 Å². The third kappa shape index (κ3) is 8.69. The molecule has 17 nitrogen and oxygen atoms in total. The van der Waals surface area contributed by atoms with Crippen molar-refractivity contribution in [2.75, 3.05) is 32.7 Å². The third-order valence-electron chi connectivity index (χ3n) is 8.07. The largest absolute Gasteiger partial charge is 0.506 e. The van der Waals surface area contributed by atoms with Gasteiger partial charge in [0.15, 0.2) is 28.3 Å². The molecule has 1 aliphatic heterocycles. The molecule has 0 saturated heterocycles. The first-order valence-electron chi connectivity index (χ1n) is 16.5. The molecule has 3 heterocycles. The van der Waals surface area contributed by atoms with Crippen molar-refractivity contribution in [2.24, 2.45) is 0 Å². The average molecular weight is 740 g/mol. The number of aliphatic hydroxyl groups excluding tert-OH is 1. The normalized spacial score (nSPS) is 19.4. The molecule has 5 rings (SSSR count). The zero-order valence-corrected chi connectivity index (χ0v) is 30.0. The monoisotopic (exact) mass is 739 g/mol. The van der Waals surface area contributed by atoms with E-state index in [1.54, 1.807) is 62.4 Å². The number of hydrogen-bond donors (Lipinski definition) is 5. The molecule has 0 spiro atoms. The molecule has 1 aliphatic rings. The molecular formula is C34H42N7O10P. The van der Waals surface area contributed by atoms with Crippen LogP contribution in [0.15, 0.2) is 78.5 Å². The molecule has 2 unspecified atom stereocenters. The Morgan fingerprint density at radius 1 is 0.981 bits per heavy atom. The van der Waals surface area contributed by atoms with Gasteiger partial charge in [-0.05, 0) is 44.7 Å². The van der Waals surface area contributed by atoms with E-state index in [0.717, 1.165) is 11.1 Å². The maximum Gasteiger partial charge on any atom is 0.342 e. The average Bonchev–Trinajstić information content (AvgIpc) is 3.64. The second-order valence-electron chi connectivity index (χ2n) is 11.9. The van der Waals surface area contributed by atoms with Gasteiger partial charge in [-0.3, -0.25) is 23.2 Å². The highest BCUT2D eigenvalue weighted by molar-refractivity contribution is 7.54. The zero-order chi connectivity index (χ0) is 37.5. The maximum atomic E-state index is 14.9. The molecule has 0 amide bonds. The van der Waals surface area contributed by atoms with Gasteiger partial charge in [0.2, 0.25) is 18.1 Å². The van der Waals surface area contributed by atoms with Gasteiger partial charge in [0.1, 0.15) is 25.0 Å². The van der Waals surface area contributed by atoms with E-state index >= 15 is 0 Å². The van der Waals surface area contributed by atoms with Gasteiger partial charge in [-0.1, -0.05) is 60.7 Å². The van der Waals surface area contributed by atoms with Crippen molar-refractivity contribution in [3.05, 3.63) is 89.6 Å². The predicted octanol–water partition coefficient (Wildman–Crippen LogP) is 3.12. The van der Waals surface area contributed by atoms with Gasteiger partial charge in [-0.25, -0.2) is 15.2 Å². The first-order valence-corrected chi connectivity index (χ1v) is 18.1. The van der Waals surface area contributed by atoms with Crippen molar-refractivity contribution < 1.29 is 47.8 Å². The molecule has 0 radical (unpaired) electrons. The zero-order valence-electron chi connectivity index (χ0n) is 29.1. The van der Waals surface area contributed by atoms with Crippen LogP contribution in [0, 0.1) is 0 Å². The summed E-state index contributed by atoms with van der Waals surface area (Å²) in [5, 5.41) is 28.2. The number of nitrogen functional groups attached to an aromatic ring is 1. The molecule has 278 valence electrons. The van der Waals surface area contributed by atoms with Crippen LogP contribution >= 0.6 is 7.67 Å². The van der Waals surface area contributed by atoms with Crippen molar-refractivity contribution >= 4 is 36.7 Å². The number of ether oxygens (including phenoxy) is 4. The van der Waals surface area contributed by atoms with Crippen molar-refractivity contribution in [1.82, 2.24) is 29.7 Å². The van der Waals surface area contributed by atoms with Gasteiger partial charge in [0.05, 0.1) is 20.3 Å². The first kappa shape index (κ1) is 38.2. The number of nitrogens with zero attached hydrogens (tertiary/aromatic N) is 4. The summed E-state index contributed by atoms with van der Waals surface area (Å²) in [6.45, 7) is 3.94. The lowest BCUT2D eigenvalue weighted by Gasteiger charge is -2.28. The molecule has 0 aliphatic carbocycles. The lowest BCUT2D eigenvalue weighted by molar-refractivity contribution is -0.145. The number of anilines is 1. The van der Waals surface area contributed by atoms with Crippen LogP contribution in [0.5, 0.6) is 5.88 Å². The quantitative estimate of drug-likeness (QED) is 0.0773. The summed E-state index contributed by atoms with van der Waals surface area (Å²) in [5.41, 5.74) is 5.57. The molecule has 0 saturated carbocycles. The molecule has 2 aromatic carbocycles. The topological polar surface area (TPSA) is 232 Å². The van der Waals surface area contributed by atoms with E-state index in [-0.39, 0.29) is 54.8 Å². The smallest absolute Gasteiger partial charge is 0.342 e. The number of hydrogen-bond acceptors (Lipinski definition) is 14. The number of aromatic nitrogens is 4. The van der Waals surface area contributed by atoms with E-state index in [9.17, 15) is 24.4 Å². The number of rotatable bonds is 17. The lowest BCUT2D eigenvalue weighted by atomic mass is 10.0. The van der Waals surface area contributed by atoms with Gasteiger partial charge in [0.25, 0.3) is 0 Å². The van der Waals surface area contributed by atoms with E-state index in [4.69, 9.17) is 29.2 Å². The van der Waals surface area contributed by atoms with E-state index in [0.29, 0.717) is 0 Å². The highest BCUT2D eigenvalue weighted by atomic mass is 31.2. The van der Waals surface area contributed by atoms with E-state index in [1.807, 2.05) is 12.1 Å². The Hall–Kier alpha value is -5.06. The number of esters is 2. The molecule has 0 bridgehead atoms. The Morgan fingerprint density at radius 2 is 1.52 bits per heavy atom. The molecule has 2 aromatic heterocycles. The third-order valence-corrected chi connectivity index (χ3v) is 9.86. The minimum atomic E-state index is -4.50. The molecular weight excluding hydrogens is 697 g/mol. The molecule has 6 N–H and O–H groups in total. The minimum Gasteiger partial charge on any atom is -0.506 e. The van der Waals surface area contributed by atoms with Crippen LogP contribution in [-0.2, 0) is 45.7 Å². The number of nitrogens with two attached hydrogens (primary N) is 1. The van der Waals surface area contributed by atoms with Crippen LogP contribution in [0.4, 0.5) is 5.95 Å². The number of methoxy groups -OCH3 is 1. The SMILES string of the molecule is CCOC(=O)[C@H](Cc1ccccc1)NP(=O)(N[C@H](Cc1ccccc1)C(=O)OCC)OCC1=C(O)C(C)(O)[C@H](n2cnc3c(OC)nc(N)nc32)O1. The van der Waals surface area contributed by atoms with E-state index in [2.05, 4.69) is 25.1 Å². The fourth-order valence-electron chi connectivity index (χ4n) is 5.58. The standard InChI is InChI=1S/C34H42N7O10P/c1-5-48-30(43)23(17-21-13-9-7-10-14-21)39-52(46,40-24(31(44)49-6-2)18-22-15-11-8-12-16-22)50-19-25-27(42)34(3,45)32(51-25)41-20-36-26-28(41)37-33(35)38-29(26)47-4/h7-16,20,23-24,32,42,45H,5-6,17-19H2,1-4H3,(H2,35,37,38)(H2,39,40,46)/t23-,24+,32-,34?,52?/m1/s1. The summed E-state index contributed by atoms with van der Waals surface area (Å²) < 4.78 is 44.0. The van der Waals surface area contributed by atoms with Gasteiger partial charge in [0, 0.05) is 0 Å². The molecule has 18 heteroatoms. The predicted molar refractivity (Wildman–Crippen MR) is 188 cm³/mol. The first-order chi connectivity index (χ1) is 24.9. The Kier molecular flexibility index (Phi) is 12.1. The summed E-state index contributed by atoms with van der Waals surface area (Å²) in [7, 11) is -3.12. The van der Waals surface area contributed by atoms with Crippen LogP contribution in [0.1, 0.15) is 38.1 Å². The summed E-state index contributed by atoms with van der Waals surface area (Å²) in [5.74, 6) is -2.45. The molecule has 52 heavy (non-hydrogen) atoms. The number of aliphatic hydroxyl groups is 2. The van der Waals surface area contributed by atoms with Gasteiger partial charge >= 0.3 is 19.6 Å². The summed E-state index contributed by atoms with van der Waals surface area (Å²) in [4.78, 5) is 39.0. The summed E-state index contributed by atoms with van der Waals surface area (Å²) in [6.07, 6.45) is 0.0278. The number of carbonyl (C=O) groups is 2. The number of benzene rings is 2. The maximum absolute atomic E-state index is 14.9. The van der Waals surface area contributed by atoms with Crippen molar-refractivity contribution in [1.29, 1.82) is 0 Å². The summed E-state index contributed by atoms with van der Waals surface area (Å²) >= 11 is 0. The second-order valence-corrected chi connectivity index (χ2v) is 13.8. The Balaban J connectivity index is 1.47. The number of imidazole rings is 1. The Bertz CT molecular complexity index is 1870. The number of fused-ring (bicyclic) bond motifs is 1. The second kappa shape index (κ2) is 16.5. The van der Waals surface area contributed by atoms with Gasteiger partial charge < -0.3 is 34.9 Å². The fourth-order valence-corrected chi connectivity index (χ4v) is 7.31. The van der Waals surface area contributed by atoms with Crippen molar-refractivity contribution in [3.63, 3.8) is 0 Å². The van der Waals surface area contributed by atoms with Gasteiger partial charge in [-0.2, -0.15) is 9.97 Å². The van der Waals surface area contributed by atoms with Crippen LogP contribution in [0.25, 0.3) is 11.2 Å². The van der Waals surface area contributed by atoms with Crippen LogP contribution in [0.3, 0.4) is 0 Å². The number of carbonyl (C=O) groups excluding carboxylic acids is 2. The lowest BCUT2D eigenvalue weighted by Crippen LogP contribution is -2.46. The van der Waals surface area contributed by atoms with Crippen LogP contribution < -0.4 is 20.6 Å². The fraction of sp³-hybridized carbons (Fsp3) is 0.382.